The van der Waals surface area contributed by atoms with Crippen molar-refractivity contribution in [3.8, 4) is 22.4 Å². The van der Waals surface area contributed by atoms with Crippen molar-refractivity contribution < 1.29 is 4.39 Å². The molecule has 1 saturated heterocycles. The lowest BCUT2D eigenvalue weighted by Crippen LogP contribution is -2.27. The van der Waals surface area contributed by atoms with Crippen LogP contribution in [0.2, 0.25) is 0 Å². The summed E-state index contributed by atoms with van der Waals surface area (Å²) < 4.78 is 15.2. The molecule has 3 aromatic heterocycles. The van der Waals surface area contributed by atoms with Crippen molar-refractivity contribution >= 4 is 16.6 Å². The third kappa shape index (κ3) is 3.13. The average molecular weight is 388 g/mol. The van der Waals surface area contributed by atoms with Crippen molar-refractivity contribution in [2.24, 2.45) is 0 Å². The minimum Gasteiger partial charge on any atom is -0.383 e. The fourth-order valence-corrected chi connectivity index (χ4v) is 4.08. The summed E-state index contributed by atoms with van der Waals surface area (Å²) in [7, 11) is 0. The molecule has 0 radical (unpaired) electrons. The zero-order valence-corrected chi connectivity index (χ0v) is 15.8. The van der Waals surface area contributed by atoms with Crippen LogP contribution in [-0.4, -0.2) is 33.3 Å². The van der Waals surface area contributed by atoms with Crippen LogP contribution in [0.4, 0.5) is 10.2 Å². The molecule has 1 aromatic carbocycles. The number of H-pyrrole nitrogens is 1. The number of nitrogens with one attached hydrogen (secondary N) is 2. The predicted octanol–water partition coefficient (Wildman–Crippen LogP) is 3.88. The van der Waals surface area contributed by atoms with Crippen LogP contribution in [0.5, 0.6) is 0 Å². The molecule has 5 rings (SSSR count). The molecule has 146 valence electrons. The summed E-state index contributed by atoms with van der Waals surface area (Å²) >= 11 is 0. The van der Waals surface area contributed by atoms with E-state index in [9.17, 15) is 0 Å². The Kier molecular flexibility index (Phi) is 4.44. The van der Waals surface area contributed by atoms with Gasteiger partial charge in [-0.1, -0.05) is 24.3 Å². The molecule has 0 aliphatic carbocycles. The number of hydrogen-bond donors (Lipinski definition) is 3. The van der Waals surface area contributed by atoms with Gasteiger partial charge in [0.25, 0.3) is 0 Å². The topological polar surface area (TPSA) is 92.5 Å². The van der Waals surface area contributed by atoms with Crippen LogP contribution in [0.3, 0.4) is 0 Å². The number of nitrogens with two attached hydrogens (primary N) is 1. The van der Waals surface area contributed by atoms with Gasteiger partial charge in [0.2, 0.25) is 0 Å². The largest absolute Gasteiger partial charge is 0.383 e. The lowest BCUT2D eigenvalue weighted by Gasteiger charge is -2.22. The average Bonchev–Trinajstić information content (AvgIpc) is 3.25. The standard InChI is InChI=1S/C22H21FN6/c23-19-16-4-2-1-3-14(16)10-26-21(19)17-9-15(11-27-22(17)24)18-12-28-29-20(18)13-5-7-25-8-6-13/h1-4,9-13,25H,5-8H2,(H2,24,27)(H,28,29). The van der Waals surface area contributed by atoms with Gasteiger partial charge in [0.05, 0.1) is 6.20 Å². The number of piperidine rings is 1. The number of hydrogen-bond acceptors (Lipinski definition) is 5. The maximum absolute atomic E-state index is 15.2. The lowest BCUT2D eigenvalue weighted by molar-refractivity contribution is 0.453. The number of aromatic amines is 1. The molecule has 6 nitrogen and oxygen atoms in total. The molecule has 1 aliphatic rings. The van der Waals surface area contributed by atoms with E-state index >= 15 is 4.39 Å². The van der Waals surface area contributed by atoms with Gasteiger partial charge >= 0.3 is 0 Å². The third-order valence-corrected chi connectivity index (χ3v) is 5.64. The quantitative estimate of drug-likeness (QED) is 0.495. The molecule has 0 spiro atoms. The number of benzene rings is 1. The van der Waals surface area contributed by atoms with Gasteiger partial charge in [-0.25, -0.2) is 9.37 Å². The number of pyridine rings is 2. The first kappa shape index (κ1) is 17.8. The Balaban J connectivity index is 1.61. The van der Waals surface area contributed by atoms with Gasteiger partial charge in [0, 0.05) is 51.5 Å². The molecule has 4 heterocycles. The number of aromatic nitrogens is 4. The van der Waals surface area contributed by atoms with E-state index in [-0.39, 0.29) is 17.3 Å². The smallest absolute Gasteiger partial charge is 0.157 e. The number of rotatable bonds is 3. The second-order valence-electron chi connectivity index (χ2n) is 7.39. The second kappa shape index (κ2) is 7.25. The molecule has 0 bridgehead atoms. The van der Waals surface area contributed by atoms with Gasteiger partial charge < -0.3 is 11.1 Å². The first-order valence-electron chi connectivity index (χ1n) is 9.76. The molecular weight excluding hydrogens is 367 g/mol. The second-order valence-corrected chi connectivity index (χ2v) is 7.39. The third-order valence-electron chi connectivity index (χ3n) is 5.64. The summed E-state index contributed by atoms with van der Waals surface area (Å²) in [5.74, 6) is 0.271. The van der Waals surface area contributed by atoms with Crippen molar-refractivity contribution in [1.29, 1.82) is 0 Å². The molecule has 0 atom stereocenters. The highest BCUT2D eigenvalue weighted by molar-refractivity contribution is 5.88. The number of anilines is 1. The van der Waals surface area contributed by atoms with Gasteiger partial charge in [-0.05, 0) is 32.0 Å². The molecule has 4 aromatic rings. The van der Waals surface area contributed by atoms with E-state index in [0.717, 1.165) is 48.1 Å². The van der Waals surface area contributed by atoms with Crippen LogP contribution in [0.25, 0.3) is 33.2 Å². The highest BCUT2D eigenvalue weighted by atomic mass is 19.1. The fourth-order valence-electron chi connectivity index (χ4n) is 4.08. The molecule has 4 N–H and O–H groups in total. The predicted molar refractivity (Wildman–Crippen MR) is 112 cm³/mol. The number of nitrogen functional groups attached to an aromatic ring is 1. The number of halogens is 1. The van der Waals surface area contributed by atoms with Crippen LogP contribution < -0.4 is 11.1 Å². The van der Waals surface area contributed by atoms with Gasteiger partial charge in [-0.2, -0.15) is 5.10 Å². The summed E-state index contributed by atoms with van der Waals surface area (Å²) in [5.41, 5.74) is 9.74. The zero-order chi connectivity index (χ0) is 19.8. The Bertz CT molecular complexity index is 1180. The molecule has 0 unspecified atom stereocenters. The Hall–Kier alpha value is -3.32. The van der Waals surface area contributed by atoms with E-state index in [1.165, 1.54) is 0 Å². The van der Waals surface area contributed by atoms with Gasteiger partial charge in [-0.3, -0.25) is 10.1 Å². The monoisotopic (exact) mass is 388 g/mol. The van der Waals surface area contributed by atoms with E-state index in [2.05, 4.69) is 25.5 Å². The zero-order valence-electron chi connectivity index (χ0n) is 15.8. The van der Waals surface area contributed by atoms with Crippen molar-refractivity contribution in [2.75, 3.05) is 18.8 Å². The van der Waals surface area contributed by atoms with E-state index in [1.54, 1.807) is 24.7 Å². The van der Waals surface area contributed by atoms with Crippen LogP contribution in [0, 0.1) is 5.82 Å². The lowest BCUT2D eigenvalue weighted by atomic mass is 9.90. The molecule has 7 heteroatoms. The Morgan fingerprint density at radius 1 is 1.00 bits per heavy atom. The summed E-state index contributed by atoms with van der Waals surface area (Å²) in [4.78, 5) is 8.68. The molecule has 29 heavy (non-hydrogen) atoms. The molecule has 0 saturated carbocycles. The summed E-state index contributed by atoms with van der Waals surface area (Å²) in [6.07, 6.45) is 7.28. The first-order chi connectivity index (χ1) is 14.2. The Morgan fingerprint density at radius 3 is 2.69 bits per heavy atom. The molecule has 0 amide bonds. The van der Waals surface area contributed by atoms with Crippen molar-refractivity contribution in [2.45, 2.75) is 18.8 Å². The van der Waals surface area contributed by atoms with Crippen molar-refractivity contribution in [1.82, 2.24) is 25.5 Å². The molecule has 1 fully saturated rings. The van der Waals surface area contributed by atoms with Crippen LogP contribution in [0.1, 0.15) is 24.5 Å². The molecular formula is C22H21FN6. The van der Waals surface area contributed by atoms with Gasteiger partial charge in [0.1, 0.15) is 11.5 Å². The first-order valence-corrected chi connectivity index (χ1v) is 9.76. The van der Waals surface area contributed by atoms with Gasteiger partial charge in [0.15, 0.2) is 5.82 Å². The normalized spacial score (nSPS) is 15.1. The maximum Gasteiger partial charge on any atom is 0.157 e. The highest BCUT2D eigenvalue weighted by Crippen LogP contribution is 2.36. The van der Waals surface area contributed by atoms with Crippen LogP contribution in [-0.2, 0) is 0 Å². The number of fused-ring (bicyclic) bond motifs is 1. The van der Waals surface area contributed by atoms with Crippen LogP contribution >= 0.6 is 0 Å². The SMILES string of the molecule is Nc1ncc(-c2cn[nH]c2C2CCNCC2)cc1-c1ncc2ccccc2c1F. The van der Waals surface area contributed by atoms with Gasteiger partial charge in [-0.15, -0.1) is 0 Å². The summed E-state index contributed by atoms with van der Waals surface area (Å²) in [6.45, 7) is 1.97. The number of nitrogens with zero attached hydrogens (tertiary/aromatic N) is 3. The molecule has 1 aliphatic heterocycles. The fraction of sp³-hybridized carbons (Fsp3) is 0.227. The maximum atomic E-state index is 15.2. The minimum atomic E-state index is -0.389. The Labute approximate surface area is 167 Å². The van der Waals surface area contributed by atoms with E-state index in [0.29, 0.717) is 16.9 Å². The minimum absolute atomic E-state index is 0.211. The van der Waals surface area contributed by atoms with E-state index in [4.69, 9.17) is 5.73 Å². The van der Waals surface area contributed by atoms with Crippen molar-refractivity contribution in [3.05, 3.63) is 60.4 Å². The Morgan fingerprint density at radius 2 is 1.83 bits per heavy atom. The van der Waals surface area contributed by atoms with Crippen LogP contribution in [0.15, 0.2) is 48.9 Å². The highest BCUT2D eigenvalue weighted by Gasteiger charge is 2.22. The van der Waals surface area contributed by atoms with E-state index in [1.807, 2.05) is 24.3 Å². The van der Waals surface area contributed by atoms with E-state index < -0.39 is 0 Å². The summed E-state index contributed by atoms with van der Waals surface area (Å²) in [5, 5.41) is 12.1. The summed E-state index contributed by atoms with van der Waals surface area (Å²) in [6, 6.07) is 9.11. The van der Waals surface area contributed by atoms with Crippen molar-refractivity contribution in [3.63, 3.8) is 0 Å².